The molecule has 8 heteroatoms. The lowest BCUT2D eigenvalue weighted by molar-refractivity contribution is 0.252. The molecule has 0 unspecified atom stereocenters. The van der Waals surface area contributed by atoms with Gasteiger partial charge < -0.3 is 20.9 Å². The van der Waals surface area contributed by atoms with Crippen LogP contribution >= 0.6 is 15.9 Å². The number of nitrogen functional groups attached to an aromatic ring is 1. The Morgan fingerprint density at radius 1 is 1.32 bits per heavy atom. The van der Waals surface area contributed by atoms with Gasteiger partial charge in [-0.2, -0.15) is 0 Å². The fourth-order valence-corrected chi connectivity index (χ4v) is 3.37. The molecule has 0 radical (unpaired) electrons. The normalized spacial score (nSPS) is 16.0. The topological polar surface area (TPSA) is 70.3 Å². The Bertz CT molecular complexity index is 748. The lowest BCUT2D eigenvalue weighted by Gasteiger charge is -2.36. The number of anilines is 4. The van der Waals surface area contributed by atoms with Gasteiger partial charge in [-0.3, -0.25) is 0 Å². The van der Waals surface area contributed by atoms with Crippen molar-refractivity contribution in [2.45, 2.75) is 18.9 Å². The van der Waals surface area contributed by atoms with E-state index < -0.39 is 0 Å². The number of nitrogens with zero attached hydrogens (tertiary/aromatic N) is 4. The van der Waals surface area contributed by atoms with E-state index in [-0.39, 0.29) is 5.82 Å². The second-order valence-electron chi connectivity index (χ2n) is 6.35. The number of hydrogen-bond acceptors (Lipinski definition) is 6. The number of aromatic nitrogens is 2. The quantitative estimate of drug-likeness (QED) is 0.808. The number of benzene rings is 1. The Balaban J connectivity index is 1.82. The van der Waals surface area contributed by atoms with Crippen LogP contribution in [0.25, 0.3) is 0 Å². The van der Waals surface area contributed by atoms with Gasteiger partial charge >= 0.3 is 0 Å². The summed E-state index contributed by atoms with van der Waals surface area (Å²) in [6.45, 7) is 2.10. The summed E-state index contributed by atoms with van der Waals surface area (Å²) in [7, 11) is 4.13. The van der Waals surface area contributed by atoms with Gasteiger partial charge in [0.15, 0.2) is 11.6 Å². The minimum atomic E-state index is -0.377. The molecule has 1 aromatic heterocycles. The first-order chi connectivity index (χ1) is 12.0. The molecular weight excluding hydrogens is 387 g/mol. The highest BCUT2D eigenvalue weighted by Crippen LogP contribution is 2.31. The van der Waals surface area contributed by atoms with Crippen LogP contribution in [-0.4, -0.2) is 48.1 Å². The zero-order chi connectivity index (χ0) is 18.0. The fourth-order valence-electron chi connectivity index (χ4n) is 3.04. The van der Waals surface area contributed by atoms with Gasteiger partial charge in [-0.05, 0) is 51.2 Å². The summed E-state index contributed by atoms with van der Waals surface area (Å²) < 4.78 is 14.7. The monoisotopic (exact) mass is 408 g/mol. The second-order valence-corrected chi connectivity index (χ2v) is 7.27. The molecule has 0 saturated carbocycles. The summed E-state index contributed by atoms with van der Waals surface area (Å²) in [4.78, 5) is 12.9. The molecular formula is C17H22BrFN6. The van der Waals surface area contributed by atoms with Gasteiger partial charge in [0.2, 0.25) is 0 Å². The molecule has 1 fully saturated rings. The standard InChI is InChI=1S/C17H22BrFN6/c1-24-7-5-12(6-8-24)25(2)17-15(20)16(21-10-22-17)23-14-4-3-11(18)9-13(14)19/h3-4,9-10,12H,5-8,20H2,1-2H3,(H,21,22,23). The third kappa shape index (κ3) is 4.01. The molecule has 2 heterocycles. The molecule has 6 nitrogen and oxygen atoms in total. The van der Waals surface area contributed by atoms with E-state index in [1.807, 2.05) is 7.05 Å². The van der Waals surface area contributed by atoms with Crippen LogP contribution in [0.3, 0.4) is 0 Å². The van der Waals surface area contributed by atoms with Crippen LogP contribution in [0.2, 0.25) is 0 Å². The predicted octanol–water partition coefficient (Wildman–Crippen LogP) is 3.23. The van der Waals surface area contributed by atoms with Gasteiger partial charge in [0, 0.05) is 17.6 Å². The van der Waals surface area contributed by atoms with Gasteiger partial charge in [-0.15, -0.1) is 0 Å². The zero-order valence-electron chi connectivity index (χ0n) is 14.3. The Morgan fingerprint density at radius 3 is 2.72 bits per heavy atom. The van der Waals surface area contributed by atoms with E-state index in [9.17, 15) is 4.39 Å². The largest absolute Gasteiger partial charge is 0.393 e. The zero-order valence-corrected chi connectivity index (χ0v) is 15.9. The minimum Gasteiger partial charge on any atom is -0.393 e. The van der Waals surface area contributed by atoms with Crippen LogP contribution < -0.4 is 16.0 Å². The first-order valence-corrected chi connectivity index (χ1v) is 8.99. The van der Waals surface area contributed by atoms with Crippen LogP contribution in [0.1, 0.15) is 12.8 Å². The molecule has 2 aromatic rings. The minimum absolute atomic E-state index is 0.321. The van der Waals surface area contributed by atoms with Crippen molar-refractivity contribution in [2.75, 3.05) is 43.1 Å². The van der Waals surface area contributed by atoms with Crippen LogP contribution in [0, 0.1) is 5.82 Å². The lowest BCUT2D eigenvalue weighted by Crippen LogP contribution is -2.42. The summed E-state index contributed by atoms with van der Waals surface area (Å²) in [5.41, 5.74) is 7.02. The summed E-state index contributed by atoms with van der Waals surface area (Å²) in [5.74, 6) is 0.702. The molecule has 0 atom stereocenters. The van der Waals surface area contributed by atoms with Crippen molar-refractivity contribution >= 4 is 38.9 Å². The van der Waals surface area contributed by atoms with E-state index in [2.05, 4.69) is 48.1 Å². The van der Waals surface area contributed by atoms with E-state index in [4.69, 9.17) is 5.73 Å². The Kier molecular flexibility index (Phi) is 5.39. The van der Waals surface area contributed by atoms with E-state index in [1.54, 1.807) is 12.1 Å². The van der Waals surface area contributed by atoms with Gasteiger partial charge in [0.25, 0.3) is 0 Å². The third-order valence-electron chi connectivity index (χ3n) is 4.62. The average Bonchev–Trinajstić information content (AvgIpc) is 2.59. The molecule has 1 aliphatic rings. The van der Waals surface area contributed by atoms with Crippen LogP contribution in [0.5, 0.6) is 0 Å². The molecule has 25 heavy (non-hydrogen) atoms. The van der Waals surface area contributed by atoms with E-state index >= 15 is 0 Å². The molecule has 0 bridgehead atoms. The molecule has 1 aromatic carbocycles. The number of likely N-dealkylation sites (tertiary alicyclic amines) is 1. The molecule has 134 valence electrons. The number of nitrogens with one attached hydrogen (secondary N) is 1. The molecule has 0 spiro atoms. The number of halogens is 2. The van der Waals surface area contributed by atoms with Gasteiger partial charge in [-0.25, -0.2) is 14.4 Å². The number of rotatable bonds is 4. The molecule has 3 rings (SSSR count). The number of hydrogen-bond donors (Lipinski definition) is 2. The first kappa shape index (κ1) is 17.9. The van der Waals surface area contributed by atoms with Crippen LogP contribution in [0.4, 0.5) is 27.4 Å². The second kappa shape index (κ2) is 7.53. The van der Waals surface area contributed by atoms with Gasteiger partial charge in [0.1, 0.15) is 17.8 Å². The summed E-state index contributed by atoms with van der Waals surface area (Å²) >= 11 is 3.25. The molecule has 1 aliphatic heterocycles. The smallest absolute Gasteiger partial charge is 0.159 e. The van der Waals surface area contributed by atoms with Crippen molar-refractivity contribution in [2.24, 2.45) is 0 Å². The van der Waals surface area contributed by atoms with Crippen molar-refractivity contribution in [3.63, 3.8) is 0 Å². The highest BCUT2D eigenvalue weighted by molar-refractivity contribution is 9.10. The molecule has 0 amide bonds. The third-order valence-corrected chi connectivity index (χ3v) is 5.11. The Hall–Kier alpha value is -1.93. The maximum atomic E-state index is 14.1. The van der Waals surface area contributed by atoms with Crippen molar-refractivity contribution in [1.29, 1.82) is 0 Å². The van der Waals surface area contributed by atoms with Gasteiger partial charge in [-0.1, -0.05) is 15.9 Å². The Morgan fingerprint density at radius 2 is 2.04 bits per heavy atom. The summed E-state index contributed by atoms with van der Waals surface area (Å²) in [6, 6.07) is 5.17. The lowest BCUT2D eigenvalue weighted by atomic mass is 10.0. The summed E-state index contributed by atoms with van der Waals surface area (Å²) in [5, 5.41) is 2.97. The van der Waals surface area contributed by atoms with Crippen molar-refractivity contribution in [3.05, 3.63) is 34.8 Å². The SMILES string of the molecule is CN1CCC(N(C)c2ncnc(Nc3ccc(Br)cc3F)c2N)CC1. The maximum absolute atomic E-state index is 14.1. The predicted molar refractivity (Wildman–Crippen MR) is 103 cm³/mol. The van der Waals surface area contributed by atoms with E-state index in [0.29, 0.717) is 33.5 Å². The fraction of sp³-hybridized carbons (Fsp3) is 0.412. The molecule has 1 saturated heterocycles. The average molecular weight is 409 g/mol. The van der Waals surface area contributed by atoms with Crippen molar-refractivity contribution in [3.8, 4) is 0 Å². The van der Waals surface area contributed by atoms with E-state index in [1.165, 1.54) is 12.4 Å². The summed E-state index contributed by atoms with van der Waals surface area (Å²) in [6.07, 6.45) is 3.57. The van der Waals surface area contributed by atoms with Crippen LogP contribution in [0.15, 0.2) is 29.0 Å². The van der Waals surface area contributed by atoms with Crippen molar-refractivity contribution < 1.29 is 4.39 Å². The highest BCUT2D eigenvalue weighted by Gasteiger charge is 2.24. The van der Waals surface area contributed by atoms with Crippen molar-refractivity contribution in [1.82, 2.24) is 14.9 Å². The number of nitrogens with two attached hydrogens (primary N) is 1. The van der Waals surface area contributed by atoms with Crippen LogP contribution in [-0.2, 0) is 0 Å². The first-order valence-electron chi connectivity index (χ1n) is 8.19. The number of piperidine rings is 1. The van der Waals surface area contributed by atoms with E-state index in [0.717, 1.165) is 25.9 Å². The van der Waals surface area contributed by atoms with Gasteiger partial charge in [0.05, 0.1) is 5.69 Å². The molecule has 3 N–H and O–H groups in total. The Labute approximate surface area is 155 Å². The highest BCUT2D eigenvalue weighted by atomic mass is 79.9. The maximum Gasteiger partial charge on any atom is 0.159 e. The molecule has 0 aliphatic carbocycles.